The molecule has 0 aliphatic heterocycles. The molecule has 0 aromatic heterocycles. The number of hydrogen-bond acceptors (Lipinski definition) is 2. The fourth-order valence-electron chi connectivity index (χ4n) is 7.81. The van der Waals surface area contributed by atoms with E-state index in [-0.39, 0.29) is 11.4 Å². The minimum atomic E-state index is -0.121. The lowest BCUT2D eigenvalue weighted by molar-refractivity contribution is -0.185. The van der Waals surface area contributed by atoms with Gasteiger partial charge in [-0.3, -0.25) is 4.79 Å². The minimum absolute atomic E-state index is 0.121. The van der Waals surface area contributed by atoms with Crippen LogP contribution in [0, 0.1) is 34.0 Å². The van der Waals surface area contributed by atoms with Crippen LogP contribution in [0.3, 0.4) is 0 Å². The van der Waals surface area contributed by atoms with Gasteiger partial charge >= 0.3 is 5.97 Å². The molecule has 1 spiro atoms. The van der Waals surface area contributed by atoms with Gasteiger partial charge in [0.2, 0.25) is 0 Å². The highest BCUT2D eigenvalue weighted by atomic mass is 16.5. The predicted octanol–water partition coefficient (Wildman–Crippen LogP) is 5.52. The fraction of sp³-hybridized carbons (Fsp3) is 0.864. The summed E-state index contributed by atoms with van der Waals surface area (Å²) in [4.78, 5) is 11.4. The standard InChI is InChI=1S/C22H34O2/c1-15-13-22-10-6-17(15)12-19(22)21(4)9-5-8-20(3,14-24-16(2)23)18(21)7-11-22/h17-19H,1,5-14H2,2-4H3/t17-,18+,19-,20-,21+,22+/m0/s1. The Bertz CT molecular complexity index is 566. The molecule has 5 fully saturated rings. The maximum atomic E-state index is 11.4. The van der Waals surface area contributed by atoms with Crippen molar-refractivity contribution >= 4 is 5.97 Å². The van der Waals surface area contributed by atoms with Crippen LogP contribution in [-0.4, -0.2) is 12.6 Å². The topological polar surface area (TPSA) is 26.3 Å². The van der Waals surface area contributed by atoms with E-state index >= 15 is 0 Å². The van der Waals surface area contributed by atoms with Gasteiger partial charge in [0, 0.05) is 12.3 Å². The normalized spacial score (nSPS) is 50.1. The largest absolute Gasteiger partial charge is 0.465 e. The molecule has 6 atom stereocenters. The lowest BCUT2D eigenvalue weighted by Gasteiger charge is -2.68. The van der Waals surface area contributed by atoms with Gasteiger partial charge in [0.1, 0.15) is 0 Å². The summed E-state index contributed by atoms with van der Waals surface area (Å²) in [7, 11) is 0. The smallest absolute Gasteiger partial charge is 0.302 e. The molecule has 0 aromatic carbocycles. The maximum Gasteiger partial charge on any atom is 0.302 e. The Morgan fingerprint density at radius 2 is 1.92 bits per heavy atom. The summed E-state index contributed by atoms with van der Waals surface area (Å²) in [5.41, 5.74) is 2.72. The number of allylic oxidation sites excluding steroid dienone is 1. The van der Waals surface area contributed by atoms with E-state index in [0.29, 0.717) is 23.4 Å². The molecule has 2 nitrogen and oxygen atoms in total. The molecule has 0 amide bonds. The zero-order valence-corrected chi connectivity index (χ0v) is 15.8. The zero-order valence-electron chi connectivity index (χ0n) is 15.8. The Morgan fingerprint density at radius 3 is 2.62 bits per heavy atom. The third kappa shape index (κ3) is 2.24. The molecule has 0 N–H and O–H groups in total. The van der Waals surface area contributed by atoms with Crippen LogP contribution >= 0.6 is 0 Å². The first-order chi connectivity index (χ1) is 11.3. The molecule has 0 unspecified atom stereocenters. The SMILES string of the molecule is C=C1C[C@]23CC[C@H]1C[C@H]2[C@]1(C)CCC[C@@](C)(COC(C)=O)[C@H]1CC3. The molecule has 0 radical (unpaired) electrons. The summed E-state index contributed by atoms with van der Waals surface area (Å²) in [5, 5.41) is 0. The van der Waals surface area contributed by atoms with E-state index < -0.39 is 0 Å². The van der Waals surface area contributed by atoms with Crippen LogP contribution in [0.2, 0.25) is 0 Å². The Balaban J connectivity index is 1.65. The first-order valence-electron chi connectivity index (χ1n) is 10.1. The number of fused-ring (bicyclic) bond motifs is 3. The lowest BCUT2D eigenvalue weighted by atomic mass is 9.37. The van der Waals surface area contributed by atoms with Crippen molar-refractivity contribution < 1.29 is 9.53 Å². The van der Waals surface area contributed by atoms with E-state index in [4.69, 9.17) is 4.74 Å². The molecular formula is C22H34O2. The van der Waals surface area contributed by atoms with Gasteiger partial charge in [-0.15, -0.1) is 0 Å². The van der Waals surface area contributed by atoms with Gasteiger partial charge in [0.15, 0.2) is 0 Å². The van der Waals surface area contributed by atoms with Crippen LogP contribution in [0.1, 0.15) is 78.6 Å². The molecule has 5 rings (SSSR count). The predicted molar refractivity (Wildman–Crippen MR) is 96.4 cm³/mol. The van der Waals surface area contributed by atoms with Gasteiger partial charge in [0.25, 0.3) is 0 Å². The number of carbonyl (C=O) groups is 1. The monoisotopic (exact) mass is 330 g/mol. The van der Waals surface area contributed by atoms with Crippen molar-refractivity contribution in [1.29, 1.82) is 0 Å². The molecule has 24 heavy (non-hydrogen) atoms. The summed E-state index contributed by atoms with van der Waals surface area (Å²) in [6, 6.07) is 0. The molecule has 134 valence electrons. The molecule has 0 aromatic rings. The first-order valence-corrected chi connectivity index (χ1v) is 10.1. The van der Waals surface area contributed by atoms with Crippen LogP contribution < -0.4 is 0 Å². The molecular weight excluding hydrogens is 296 g/mol. The molecule has 2 heteroatoms. The van der Waals surface area contributed by atoms with Crippen LogP contribution in [0.15, 0.2) is 12.2 Å². The van der Waals surface area contributed by atoms with Gasteiger partial charge < -0.3 is 4.74 Å². The molecule has 2 bridgehead atoms. The van der Waals surface area contributed by atoms with Crippen LogP contribution in [0.5, 0.6) is 0 Å². The summed E-state index contributed by atoms with van der Waals surface area (Å²) in [5.74, 6) is 2.24. The van der Waals surface area contributed by atoms with E-state index in [1.54, 1.807) is 12.5 Å². The Morgan fingerprint density at radius 1 is 1.17 bits per heavy atom. The molecule has 0 heterocycles. The molecule has 5 saturated carbocycles. The van der Waals surface area contributed by atoms with Crippen molar-refractivity contribution in [2.75, 3.05) is 6.61 Å². The summed E-state index contributed by atoms with van der Waals surface area (Å²) < 4.78 is 5.54. The van der Waals surface area contributed by atoms with Crippen molar-refractivity contribution in [3.05, 3.63) is 12.2 Å². The van der Waals surface area contributed by atoms with Gasteiger partial charge in [-0.1, -0.05) is 32.4 Å². The third-order valence-corrected chi connectivity index (χ3v) is 8.84. The van der Waals surface area contributed by atoms with Gasteiger partial charge in [0.05, 0.1) is 6.61 Å². The van der Waals surface area contributed by atoms with Crippen molar-refractivity contribution in [2.45, 2.75) is 78.6 Å². The summed E-state index contributed by atoms with van der Waals surface area (Å²) >= 11 is 0. The number of esters is 1. The highest BCUT2D eigenvalue weighted by Gasteiger charge is 2.63. The zero-order chi connectivity index (χ0) is 17.2. The van der Waals surface area contributed by atoms with E-state index in [1.807, 2.05) is 0 Å². The number of hydrogen-bond donors (Lipinski definition) is 0. The van der Waals surface area contributed by atoms with Crippen molar-refractivity contribution in [1.82, 2.24) is 0 Å². The maximum absolute atomic E-state index is 11.4. The van der Waals surface area contributed by atoms with Crippen molar-refractivity contribution in [2.24, 2.45) is 34.0 Å². The molecule has 0 saturated heterocycles. The Hall–Kier alpha value is -0.790. The van der Waals surface area contributed by atoms with E-state index in [0.717, 1.165) is 11.8 Å². The van der Waals surface area contributed by atoms with Crippen molar-refractivity contribution in [3.63, 3.8) is 0 Å². The van der Waals surface area contributed by atoms with E-state index in [1.165, 1.54) is 57.8 Å². The Kier molecular flexibility index (Phi) is 3.72. The average molecular weight is 331 g/mol. The second-order valence-electron chi connectivity index (χ2n) is 10.1. The number of carbonyl (C=O) groups excluding carboxylic acids is 1. The fourth-order valence-corrected chi connectivity index (χ4v) is 7.81. The minimum Gasteiger partial charge on any atom is -0.465 e. The van der Waals surface area contributed by atoms with E-state index in [2.05, 4.69) is 20.4 Å². The van der Waals surface area contributed by atoms with Gasteiger partial charge in [-0.05, 0) is 80.0 Å². The number of ether oxygens (including phenoxy) is 1. The average Bonchev–Trinajstić information content (AvgIpc) is 2.52. The third-order valence-electron chi connectivity index (χ3n) is 8.84. The molecule has 5 aliphatic rings. The van der Waals surface area contributed by atoms with Crippen LogP contribution in [0.4, 0.5) is 0 Å². The molecule has 5 aliphatic carbocycles. The first kappa shape index (κ1) is 16.7. The highest BCUT2D eigenvalue weighted by molar-refractivity contribution is 5.65. The highest BCUT2D eigenvalue weighted by Crippen LogP contribution is 2.72. The van der Waals surface area contributed by atoms with E-state index in [9.17, 15) is 4.79 Å². The van der Waals surface area contributed by atoms with Crippen LogP contribution in [-0.2, 0) is 9.53 Å². The van der Waals surface area contributed by atoms with Gasteiger partial charge in [-0.2, -0.15) is 0 Å². The number of rotatable bonds is 2. The van der Waals surface area contributed by atoms with Crippen LogP contribution in [0.25, 0.3) is 0 Å². The second kappa shape index (κ2) is 5.35. The van der Waals surface area contributed by atoms with Crippen molar-refractivity contribution in [3.8, 4) is 0 Å². The van der Waals surface area contributed by atoms with Gasteiger partial charge in [-0.25, -0.2) is 0 Å². The lowest BCUT2D eigenvalue weighted by Crippen LogP contribution is -2.60. The second-order valence-corrected chi connectivity index (χ2v) is 10.1. The summed E-state index contributed by atoms with van der Waals surface area (Å²) in [6.45, 7) is 11.6. The summed E-state index contributed by atoms with van der Waals surface area (Å²) in [6.07, 6.45) is 12.1. The Labute approximate surface area is 147 Å². The quantitative estimate of drug-likeness (QED) is 0.492.